The van der Waals surface area contributed by atoms with Crippen LogP contribution in [0, 0.1) is 0 Å². The third kappa shape index (κ3) is 7.25. The highest BCUT2D eigenvalue weighted by molar-refractivity contribution is 7.99. The molecule has 1 heterocycles. The lowest BCUT2D eigenvalue weighted by Gasteiger charge is -2.14. The minimum absolute atomic E-state index is 0.00165. The smallest absolute Gasteiger partial charge is 0.292 e. The van der Waals surface area contributed by atoms with Gasteiger partial charge in [-0.15, -0.1) is 0 Å². The SMILES string of the molecule is CCCC(=O)c1nc(NS(=O)(=O)c2ccc(C(F)(F)F)cc2Cl)ccc1Sc1ccc(S(=O)(=O)C2CCCC2)cc1. The minimum atomic E-state index is -4.70. The van der Waals surface area contributed by atoms with E-state index in [4.69, 9.17) is 11.6 Å². The normalized spacial score (nSPS) is 14.8. The van der Waals surface area contributed by atoms with Crippen molar-refractivity contribution in [3.63, 3.8) is 0 Å². The molecule has 2 aromatic carbocycles. The second-order valence-electron chi connectivity index (χ2n) is 9.49. The molecule has 0 amide bonds. The summed E-state index contributed by atoms with van der Waals surface area (Å²) >= 11 is 7.03. The predicted molar refractivity (Wildman–Crippen MR) is 151 cm³/mol. The summed E-state index contributed by atoms with van der Waals surface area (Å²) in [5, 5.41) is -1.00. The first-order valence-electron chi connectivity index (χ1n) is 12.7. The van der Waals surface area contributed by atoms with Crippen LogP contribution in [-0.4, -0.2) is 32.9 Å². The number of Topliss-reactive ketones (excluding diaryl/α,β-unsaturated/α-hetero) is 1. The first-order chi connectivity index (χ1) is 19.2. The largest absolute Gasteiger partial charge is 0.416 e. The molecule has 0 spiro atoms. The monoisotopic (exact) mass is 646 g/mol. The van der Waals surface area contributed by atoms with Crippen molar-refractivity contribution in [3.8, 4) is 0 Å². The number of hydrogen-bond acceptors (Lipinski definition) is 7. The van der Waals surface area contributed by atoms with Crippen molar-refractivity contribution in [2.24, 2.45) is 0 Å². The van der Waals surface area contributed by atoms with Crippen molar-refractivity contribution < 1.29 is 34.8 Å². The molecule has 1 N–H and O–H groups in total. The summed E-state index contributed by atoms with van der Waals surface area (Å²) in [5.74, 6) is -0.563. The second kappa shape index (κ2) is 12.3. The molecule has 1 aliphatic carbocycles. The number of carbonyl (C=O) groups excluding carboxylic acids is 1. The van der Waals surface area contributed by atoms with E-state index in [1.54, 1.807) is 19.1 Å². The van der Waals surface area contributed by atoms with E-state index < -0.39 is 41.5 Å². The highest BCUT2D eigenvalue weighted by atomic mass is 35.5. The van der Waals surface area contributed by atoms with Crippen LogP contribution < -0.4 is 4.72 Å². The Kier molecular flexibility index (Phi) is 9.42. The molecular formula is C27H26ClF3N2O5S3. The minimum Gasteiger partial charge on any atom is -0.292 e. The van der Waals surface area contributed by atoms with Crippen LogP contribution >= 0.6 is 23.4 Å². The molecule has 220 valence electrons. The van der Waals surface area contributed by atoms with Crippen molar-refractivity contribution in [1.29, 1.82) is 0 Å². The van der Waals surface area contributed by atoms with Gasteiger partial charge in [-0.2, -0.15) is 13.2 Å². The van der Waals surface area contributed by atoms with Gasteiger partial charge in [0.15, 0.2) is 15.6 Å². The van der Waals surface area contributed by atoms with E-state index >= 15 is 0 Å². The Balaban J connectivity index is 1.59. The van der Waals surface area contributed by atoms with Crippen LogP contribution in [0.4, 0.5) is 19.0 Å². The van der Waals surface area contributed by atoms with Gasteiger partial charge in [-0.1, -0.05) is 43.1 Å². The van der Waals surface area contributed by atoms with E-state index in [2.05, 4.69) is 9.71 Å². The fraction of sp³-hybridized carbons (Fsp3) is 0.333. The summed E-state index contributed by atoms with van der Waals surface area (Å²) in [4.78, 5) is 17.8. The summed E-state index contributed by atoms with van der Waals surface area (Å²) in [7, 11) is -7.87. The van der Waals surface area contributed by atoms with E-state index in [0.29, 0.717) is 41.2 Å². The topological polar surface area (TPSA) is 110 Å². The number of nitrogens with one attached hydrogen (secondary N) is 1. The molecule has 1 aliphatic rings. The van der Waals surface area contributed by atoms with Crippen LogP contribution in [0.1, 0.15) is 61.5 Å². The molecule has 0 radical (unpaired) electrons. The first-order valence-corrected chi connectivity index (χ1v) is 16.9. The Morgan fingerprint density at radius 3 is 2.27 bits per heavy atom. The molecule has 0 unspecified atom stereocenters. The van der Waals surface area contributed by atoms with E-state index in [0.717, 1.165) is 18.9 Å². The van der Waals surface area contributed by atoms with Gasteiger partial charge < -0.3 is 0 Å². The summed E-state index contributed by atoms with van der Waals surface area (Å²) in [6, 6.07) is 11.0. The Hall–Kier alpha value is -2.61. The van der Waals surface area contributed by atoms with E-state index in [-0.39, 0.29) is 33.9 Å². The van der Waals surface area contributed by atoms with Gasteiger partial charge in [-0.25, -0.2) is 21.8 Å². The first kappa shape index (κ1) is 31.3. The van der Waals surface area contributed by atoms with E-state index in [1.165, 1.54) is 36.0 Å². The van der Waals surface area contributed by atoms with Crippen LogP contribution in [0.15, 0.2) is 74.2 Å². The zero-order valence-corrected chi connectivity index (χ0v) is 24.9. The highest BCUT2D eigenvalue weighted by Crippen LogP contribution is 2.36. The van der Waals surface area contributed by atoms with Gasteiger partial charge in [0.2, 0.25) is 0 Å². The molecule has 0 aliphatic heterocycles. The van der Waals surface area contributed by atoms with Crippen molar-refractivity contribution in [3.05, 3.63) is 70.9 Å². The average molecular weight is 647 g/mol. The number of hydrogen-bond donors (Lipinski definition) is 1. The van der Waals surface area contributed by atoms with Gasteiger partial charge in [0.1, 0.15) is 16.4 Å². The molecule has 1 fully saturated rings. The van der Waals surface area contributed by atoms with Crippen LogP contribution in [0.25, 0.3) is 0 Å². The number of rotatable bonds is 10. The van der Waals surface area contributed by atoms with Crippen molar-refractivity contribution in [1.82, 2.24) is 4.98 Å². The summed E-state index contributed by atoms with van der Waals surface area (Å²) in [5.41, 5.74) is -1.10. The number of anilines is 1. The number of alkyl halides is 3. The van der Waals surface area contributed by atoms with Crippen molar-refractivity contribution in [2.45, 2.75) is 76.5 Å². The Labute approximate surface area is 245 Å². The van der Waals surface area contributed by atoms with Crippen molar-refractivity contribution in [2.75, 3.05) is 4.72 Å². The molecular weight excluding hydrogens is 621 g/mol. The number of sulfone groups is 1. The number of aromatic nitrogens is 1. The van der Waals surface area contributed by atoms with Gasteiger partial charge in [-0.05, 0) is 73.9 Å². The average Bonchev–Trinajstić information content (AvgIpc) is 3.45. The Morgan fingerprint density at radius 1 is 1.02 bits per heavy atom. The van der Waals surface area contributed by atoms with Gasteiger partial charge in [-0.3, -0.25) is 9.52 Å². The third-order valence-electron chi connectivity index (χ3n) is 6.51. The summed E-state index contributed by atoms with van der Waals surface area (Å²) in [6.07, 6.45) is -0.974. The molecule has 0 atom stereocenters. The number of nitrogens with zero attached hydrogens (tertiary/aromatic N) is 1. The lowest BCUT2D eigenvalue weighted by atomic mass is 10.1. The summed E-state index contributed by atoms with van der Waals surface area (Å²) < 4.78 is 92.7. The number of pyridine rings is 1. The quantitative estimate of drug-likeness (QED) is 0.229. The number of sulfonamides is 1. The van der Waals surface area contributed by atoms with Crippen molar-refractivity contribution >= 4 is 54.8 Å². The Morgan fingerprint density at radius 2 is 1.68 bits per heavy atom. The van der Waals surface area contributed by atoms with Crippen LogP contribution in [0.3, 0.4) is 0 Å². The standard InChI is InChI=1S/C27H26ClF3N2O5S3/c1-2-5-22(34)26-23(39-18-9-11-20(12-10-18)40(35,36)19-6-3-4-7-19)13-15-25(32-26)33-41(37,38)24-14-8-17(16-21(24)28)27(29,30)31/h8-16,19H,2-7H2,1H3,(H,32,33). The number of ketones is 1. The molecule has 1 saturated carbocycles. The molecule has 14 heteroatoms. The predicted octanol–water partition coefficient (Wildman–Crippen LogP) is 7.40. The molecule has 3 aromatic rings. The molecule has 1 aromatic heterocycles. The number of halogens is 4. The zero-order chi connectivity index (χ0) is 30.0. The maximum atomic E-state index is 13.0. The number of carbonyl (C=O) groups is 1. The van der Waals surface area contributed by atoms with Crippen LogP contribution in [0.5, 0.6) is 0 Å². The van der Waals surface area contributed by atoms with Crippen LogP contribution in [0.2, 0.25) is 5.02 Å². The molecule has 0 bridgehead atoms. The van der Waals surface area contributed by atoms with Gasteiger partial charge in [0, 0.05) is 16.2 Å². The lowest BCUT2D eigenvalue weighted by molar-refractivity contribution is -0.137. The lowest BCUT2D eigenvalue weighted by Crippen LogP contribution is -2.17. The molecule has 4 rings (SSSR count). The third-order valence-corrected chi connectivity index (χ3v) is 11.7. The zero-order valence-electron chi connectivity index (χ0n) is 21.7. The van der Waals surface area contributed by atoms with Gasteiger partial charge >= 0.3 is 6.18 Å². The molecule has 7 nitrogen and oxygen atoms in total. The maximum Gasteiger partial charge on any atom is 0.416 e. The Bertz CT molecular complexity index is 1660. The fourth-order valence-electron chi connectivity index (χ4n) is 4.43. The van der Waals surface area contributed by atoms with Crippen LogP contribution in [-0.2, 0) is 26.0 Å². The highest BCUT2D eigenvalue weighted by Gasteiger charge is 2.33. The van der Waals surface area contributed by atoms with E-state index in [9.17, 15) is 34.8 Å². The second-order valence-corrected chi connectivity index (χ2v) is 14.9. The maximum absolute atomic E-state index is 13.0. The molecule has 41 heavy (non-hydrogen) atoms. The van der Waals surface area contributed by atoms with E-state index in [1.807, 2.05) is 0 Å². The summed E-state index contributed by atoms with van der Waals surface area (Å²) in [6.45, 7) is 1.80. The number of benzene rings is 2. The molecule has 0 saturated heterocycles. The van der Waals surface area contributed by atoms with Gasteiger partial charge in [0.05, 0.1) is 20.7 Å². The fourth-order valence-corrected chi connectivity index (χ4v) is 8.75. The van der Waals surface area contributed by atoms with Gasteiger partial charge in [0.25, 0.3) is 10.0 Å².